The molecule has 0 bridgehead atoms. The van der Waals surface area contributed by atoms with Crippen molar-refractivity contribution in [3.63, 3.8) is 0 Å². The van der Waals surface area contributed by atoms with Gasteiger partial charge in [0.25, 0.3) is 0 Å². The van der Waals surface area contributed by atoms with Crippen molar-refractivity contribution in [2.45, 2.75) is 82.9 Å². The van der Waals surface area contributed by atoms with Crippen molar-refractivity contribution in [3.05, 3.63) is 35.4 Å². The molecule has 1 N–H and O–H groups in total. The van der Waals surface area contributed by atoms with Crippen molar-refractivity contribution in [3.8, 4) is 0 Å². The Kier molecular flexibility index (Phi) is 10.8. The monoisotopic (exact) mass is 338 g/mol. The van der Waals surface area contributed by atoms with Gasteiger partial charge in [-0.1, -0.05) is 89.0 Å². The zero-order valence-electron chi connectivity index (χ0n) is 14.4. The van der Waals surface area contributed by atoms with Crippen LogP contribution in [0.2, 0.25) is 0 Å². The van der Waals surface area contributed by atoms with Gasteiger partial charge in [0.1, 0.15) is 0 Å². The van der Waals surface area contributed by atoms with Crippen LogP contribution < -0.4 is 0 Å². The highest BCUT2D eigenvalue weighted by molar-refractivity contribution is 6.29. The number of rotatable bonds is 13. The number of aryl methyl sites for hydroxylation is 1. The Bertz CT molecular complexity index is 445. The molecular weight excluding hydrogens is 308 g/mol. The van der Waals surface area contributed by atoms with E-state index in [4.69, 9.17) is 16.7 Å². The molecular formula is C20H31ClO2. The molecule has 0 heterocycles. The molecule has 23 heavy (non-hydrogen) atoms. The predicted octanol–water partition coefficient (Wildman–Crippen LogP) is 6.51. The molecule has 0 amide bonds. The second kappa shape index (κ2) is 12.4. The number of unbranched alkanes of at least 4 members (excludes halogenated alkanes) is 9. The van der Waals surface area contributed by atoms with E-state index in [1.807, 2.05) is 24.3 Å². The van der Waals surface area contributed by atoms with Crippen LogP contribution >= 0.6 is 11.6 Å². The Morgan fingerprint density at radius 3 is 2.04 bits per heavy atom. The van der Waals surface area contributed by atoms with Crippen molar-refractivity contribution in [1.82, 2.24) is 0 Å². The number of carboxylic acid groups (broad SMARTS) is 1. The standard InChI is InChI=1S/C20H31ClO2/c1-2-3-4-5-6-7-8-9-10-11-14-17-15-12-13-16-18(17)19(21)20(22)23/h12-13,15-16,19H,2-11,14H2,1H3,(H,22,23). The van der Waals surface area contributed by atoms with E-state index in [9.17, 15) is 4.79 Å². The first-order valence-electron chi connectivity index (χ1n) is 9.11. The summed E-state index contributed by atoms with van der Waals surface area (Å²) in [4.78, 5) is 11.1. The Labute approximate surface area is 146 Å². The Morgan fingerprint density at radius 1 is 0.957 bits per heavy atom. The topological polar surface area (TPSA) is 37.3 Å². The first kappa shape index (κ1) is 20.0. The Hall–Kier alpha value is -1.02. The number of carbonyl (C=O) groups is 1. The van der Waals surface area contributed by atoms with E-state index in [1.165, 1.54) is 57.8 Å². The number of benzene rings is 1. The van der Waals surface area contributed by atoms with E-state index >= 15 is 0 Å². The summed E-state index contributed by atoms with van der Waals surface area (Å²) in [7, 11) is 0. The summed E-state index contributed by atoms with van der Waals surface area (Å²) in [6, 6.07) is 7.65. The van der Waals surface area contributed by atoms with Crippen LogP contribution in [0.25, 0.3) is 0 Å². The molecule has 1 unspecified atom stereocenters. The number of carboxylic acids is 1. The van der Waals surface area contributed by atoms with E-state index in [-0.39, 0.29) is 0 Å². The first-order chi connectivity index (χ1) is 11.2. The molecule has 130 valence electrons. The van der Waals surface area contributed by atoms with Crippen LogP contribution in [0.1, 0.15) is 87.6 Å². The van der Waals surface area contributed by atoms with Crippen molar-refractivity contribution >= 4 is 17.6 Å². The van der Waals surface area contributed by atoms with E-state index in [1.54, 1.807) is 0 Å². The van der Waals surface area contributed by atoms with Gasteiger partial charge in [-0.2, -0.15) is 0 Å². The number of hydrogen-bond donors (Lipinski definition) is 1. The van der Waals surface area contributed by atoms with Gasteiger partial charge in [-0.05, 0) is 24.0 Å². The largest absolute Gasteiger partial charge is 0.480 e. The van der Waals surface area contributed by atoms with Gasteiger partial charge in [-0.15, -0.1) is 11.6 Å². The third kappa shape index (κ3) is 8.41. The maximum absolute atomic E-state index is 11.1. The molecule has 0 spiro atoms. The lowest BCUT2D eigenvalue weighted by Crippen LogP contribution is -2.07. The van der Waals surface area contributed by atoms with Crippen molar-refractivity contribution < 1.29 is 9.90 Å². The van der Waals surface area contributed by atoms with Crippen LogP contribution in [0.4, 0.5) is 0 Å². The van der Waals surface area contributed by atoms with Gasteiger partial charge in [-0.25, -0.2) is 0 Å². The molecule has 3 heteroatoms. The van der Waals surface area contributed by atoms with Crippen LogP contribution in [0.3, 0.4) is 0 Å². The maximum atomic E-state index is 11.1. The fraction of sp³-hybridized carbons (Fsp3) is 0.650. The number of aliphatic carboxylic acids is 1. The zero-order valence-corrected chi connectivity index (χ0v) is 15.2. The average molecular weight is 339 g/mol. The van der Waals surface area contributed by atoms with Crippen LogP contribution in [0.5, 0.6) is 0 Å². The van der Waals surface area contributed by atoms with Gasteiger partial charge in [0.2, 0.25) is 0 Å². The zero-order chi connectivity index (χ0) is 16.9. The van der Waals surface area contributed by atoms with Crippen molar-refractivity contribution in [2.24, 2.45) is 0 Å². The van der Waals surface area contributed by atoms with Crippen LogP contribution in [0, 0.1) is 0 Å². The van der Waals surface area contributed by atoms with Gasteiger partial charge < -0.3 is 5.11 Å². The predicted molar refractivity (Wildman–Crippen MR) is 98.2 cm³/mol. The molecule has 1 aromatic carbocycles. The molecule has 0 aliphatic rings. The van der Waals surface area contributed by atoms with Gasteiger partial charge in [-0.3, -0.25) is 4.79 Å². The van der Waals surface area contributed by atoms with Crippen LogP contribution in [0.15, 0.2) is 24.3 Å². The molecule has 1 rings (SSSR count). The first-order valence-corrected chi connectivity index (χ1v) is 9.55. The Balaban J connectivity index is 2.18. The second-order valence-corrected chi connectivity index (χ2v) is 6.77. The summed E-state index contributed by atoms with van der Waals surface area (Å²) in [6.07, 6.45) is 14.0. The smallest absolute Gasteiger partial charge is 0.326 e. The van der Waals surface area contributed by atoms with Crippen molar-refractivity contribution in [2.75, 3.05) is 0 Å². The molecule has 0 radical (unpaired) electrons. The molecule has 0 aromatic heterocycles. The highest BCUT2D eigenvalue weighted by Gasteiger charge is 2.18. The van der Waals surface area contributed by atoms with Gasteiger partial charge in [0.05, 0.1) is 0 Å². The quantitative estimate of drug-likeness (QED) is 0.328. The normalized spacial score (nSPS) is 12.3. The van der Waals surface area contributed by atoms with Crippen LogP contribution in [-0.2, 0) is 11.2 Å². The molecule has 0 aliphatic carbocycles. The lowest BCUT2D eigenvalue weighted by molar-refractivity contribution is -0.136. The minimum Gasteiger partial charge on any atom is -0.480 e. The summed E-state index contributed by atoms with van der Waals surface area (Å²) < 4.78 is 0. The molecule has 0 saturated heterocycles. The summed E-state index contributed by atoms with van der Waals surface area (Å²) in [5.41, 5.74) is 1.83. The van der Waals surface area contributed by atoms with Gasteiger partial charge in [0, 0.05) is 0 Å². The maximum Gasteiger partial charge on any atom is 0.326 e. The lowest BCUT2D eigenvalue weighted by Gasteiger charge is -2.11. The summed E-state index contributed by atoms with van der Waals surface area (Å²) in [5.74, 6) is -0.970. The minimum absolute atomic E-state index is 0.748. The molecule has 1 atom stereocenters. The lowest BCUT2D eigenvalue weighted by atomic mass is 9.98. The highest BCUT2D eigenvalue weighted by Crippen LogP contribution is 2.25. The van der Waals surface area contributed by atoms with Crippen LogP contribution in [-0.4, -0.2) is 11.1 Å². The summed E-state index contributed by atoms with van der Waals surface area (Å²) >= 11 is 5.98. The molecule has 1 aromatic rings. The van der Waals surface area contributed by atoms with E-state index in [2.05, 4.69) is 6.92 Å². The van der Waals surface area contributed by atoms with E-state index in [0.29, 0.717) is 0 Å². The van der Waals surface area contributed by atoms with Gasteiger partial charge >= 0.3 is 5.97 Å². The fourth-order valence-corrected chi connectivity index (χ4v) is 3.16. The summed E-state index contributed by atoms with van der Waals surface area (Å²) in [5, 5.41) is 8.14. The average Bonchev–Trinajstić information content (AvgIpc) is 2.56. The fourth-order valence-electron chi connectivity index (χ4n) is 2.95. The second-order valence-electron chi connectivity index (χ2n) is 6.33. The number of hydrogen-bond acceptors (Lipinski definition) is 1. The van der Waals surface area contributed by atoms with E-state index in [0.717, 1.165) is 24.0 Å². The Morgan fingerprint density at radius 2 is 1.48 bits per heavy atom. The third-order valence-corrected chi connectivity index (χ3v) is 4.77. The number of halogens is 1. The molecule has 2 nitrogen and oxygen atoms in total. The van der Waals surface area contributed by atoms with E-state index < -0.39 is 11.3 Å². The number of alkyl halides is 1. The van der Waals surface area contributed by atoms with Gasteiger partial charge in [0.15, 0.2) is 5.38 Å². The minimum atomic E-state index is -0.970. The SMILES string of the molecule is CCCCCCCCCCCCc1ccccc1C(Cl)C(=O)O. The summed E-state index contributed by atoms with van der Waals surface area (Å²) in [6.45, 7) is 2.25. The third-order valence-electron chi connectivity index (χ3n) is 4.34. The molecule has 0 saturated carbocycles. The molecule has 0 aliphatic heterocycles. The highest BCUT2D eigenvalue weighted by atomic mass is 35.5. The molecule has 0 fully saturated rings. The van der Waals surface area contributed by atoms with Crippen molar-refractivity contribution in [1.29, 1.82) is 0 Å².